The van der Waals surface area contributed by atoms with E-state index in [0.29, 0.717) is 11.3 Å². The van der Waals surface area contributed by atoms with E-state index < -0.39 is 15.8 Å². The number of nitrogens with zero attached hydrogens (tertiary/aromatic N) is 1. The summed E-state index contributed by atoms with van der Waals surface area (Å²) in [6.45, 7) is 1.86. The summed E-state index contributed by atoms with van der Waals surface area (Å²) in [6.07, 6.45) is 1.18. The second-order valence-corrected chi connectivity index (χ2v) is 7.10. The smallest absolute Gasteiger partial charge is 0.276 e. The van der Waals surface area contributed by atoms with Gasteiger partial charge in [0.15, 0.2) is 0 Å². The van der Waals surface area contributed by atoms with Crippen LogP contribution in [-0.4, -0.2) is 21.7 Å². The van der Waals surface area contributed by atoms with Gasteiger partial charge in [-0.15, -0.1) is 0 Å². The predicted octanol–water partition coefficient (Wildman–Crippen LogP) is 3.22. The molecule has 1 N–H and O–H groups in total. The van der Waals surface area contributed by atoms with Crippen molar-refractivity contribution in [2.75, 3.05) is 7.11 Å². The Bertz CT molecular complexity index is 837. The van der Waals surface area contributed by atoms with Crippen molar-refractivity contribution in [1.82, 2.24) is 4.83 Å². The molecule has 2 aromatic rings. The van der Waals surface area contributed by atoms with Gasteiger partial charge in [-0.25, -0.2) is 9.22 Å². The average Bonchev–Trinajstić information content (AvgIpc) is 2.52. The van der Waals surface area contributed by atoms with Crippen LogP contribution < -0.4 is 9.57 Å². The zero-order valence-electron chi connectivity index (χ0n) is 12.4. The van der Waals surface area contributed by atoms with Gasteiger partial charge >= 0.3 is 0 Å². The van der Waals surface area contributed by atoms with Crippen molar-refractivity contribution in [3.8, 4) is 5.75 Å². The van der Waals surface area contributed by atoms with Gasteiger partial charge < -0.3 is 4.74 Å². The van der Waals surface area contributed by atoms with E-state index in [1.807, 2.05) is 6.92 Å². The van der Waals surface area contributed by atoms with Crippen LogP contribution in [0.15, 0.2) is 50.9 Å². The van der Waals surface area contributed by atoms with E-state index >= 15 is 0 Å². The van der Waals surface area contributed by atoms with Crippen LogP contribution >= 0.6 is 15.9 Å². The predicted molar refractivity (Wildman–Crippen MR) is 89.7 cm³/mol. The van der Waals surface area contributed by atoms with Gasteiger partial charge in [-0.2, -0.15) is 13.5 Å². The number of ether oxygens (including phenoxy) is 1. The second-order valence-electron chi connectivity index (χ2n) is 4.64. The number of aryl methyl sites for hydroxylation is 1. The Morgan fingerprint density at radius 2 is 1.87 bits per heavy atom. The number of hydrogen-bond donors (Lipinski definition) is 1. The Morgan fingerprint density at radius 3 is 2.48 bits per heavy atom. The molecule has 0 atom stereocenters. The first-order valence-corrected chi connectivity index (χ1v) is 8.76. The molecule has 0 aliphatic carbocycles. The fourth-order valence-electron chi connectivity index (χ4n) is 1.78. The van der Waals surface area contributed by atoms with Crippen LogP contribution in [0.25, 0.3) is 0 Å². The SMILES string of the molecule is COc1ccc(F)c(Br)c1/C=N/NS(=O)(=O)c1ccc(C)cc1. The first-order chi connectivity index (χ1) is 10.8. The van der Waals surface area contributed by atoms with E-state index in [9.17, 15) is 12.8 Å². The van der Waals surface area contributed by atoms with Gasteiger partial charge in [0.2, 0.25) is 0 Å². The molecule has 0 amide bonds. The average molecular weight is 401 g/mol. The molecule has 0 heterocycles. The molecule has 0 fully saturated rings. The van der Waals surface area contributed by atoms with Gasteiger partial charge in [0.1, 0.15) is 11.6 Å². The normalized spacial score (nSPS) is 11.7. The minimum atomic E-state index is -3.79. The van der Waals surface area contributed by atoms with Gasteiger partial charge in [-0.3, -0.25) is 0 Å². The number of benzene rings is 2. The van der Waals surface area contributed by atoms with Gasteiger partial charge in [0, 0.05) is 0 Å². The zero-order valence-corrected chi connectivity index (χ0v) is 14.8. The van der Waals surface area contributed by atoms with Crippen molar-refractivity contribution in [2.45, 2.75) is 11.8 Å². The summed E-state index contributed by atoms with van der Waals surface area (Å²) in [6, 6.07) is 8.99. The Kier molecular flexibility index (Phi) is 5.38. The maximum Gasteiger partial charge on any atom is 0.276 e. The Hall–Kier alpha value is -1.93. The van der Waals surface area contributed by atoms with Crippen LogP contribution in [0.4, 0.5) is 4.39 Å². The highest BCUT2D eigenvalue weighted by Gasteiger charge is 2.13. The molecule has 0 bridgehead atoms. The van der Waals surface area contributed by atoms with Crippen LogP contribution in [0, 0.1) is 12.7 Å². The van der Waals surface area contributed by atoms with E-state index in [1.165, 1.54) is 37.6 Å². The van der Waals surface area contributed by atoms with E-state index in [1.54, 1.807) is 12.1 Å². The molecule has 5 nitrogen and oxygen atoms in total. The lowest BCUT2D eigenvalue weighted by molar-refractivity contribution is 0.412. The first kappa shape index (κ1) is 17.4. The monoisotopic (exact) mass is 400 g/mol. The van der Waals surface area contributed by atoms with Crippen LogP contribution in [-0.2, 0) is 10.0 Å². The van der Waals surface area contributed by atoms with Crippen molar-refractivity contribution in [3.63, 3.8) is 0 Å². The molecule has 0 unspecified atom stereocenters. The maximum atomic E-state index is 13.6. The molecule has 0 saturated carbocycles. The van der Waals surface area contributed by atoms with E-state index in [2.05, 4.69) is 25.9 Å². The first-order valence-electron chi connectivity index (χ1n) is 6.48. The van der Waals surface area contributed by atoms with Crippen molar-refractivity contribution >= 4 is 32.2 Å². The molecule has 0 aliphatic rings. The summed E-state index contributed by atoms with van der Waals surface area (Å²) >= 11 is 3.08. The van der Waals surface area contributed by atoms with Gasteiger partial charge in [-0.1, -0.05) is 17.7 Å². The van der Waals surface area contributed by atoms with E-state index in [-0.39, 0.29) is 9.37 Å². The van der Waals surface area contributed by atoms with Gasteiger partial charge in [-0.05, 0) is 47.1 Å². The summed E-state index contributed by atoms with van der Waals surface area (Å²) in [7, 11) is -2.36. The lowest BCUT2D eigenvalue weighted by Gasteiger charge is -2.07. The standard InChI is InChI=1S/C15H14BrFN2O3S/c1-10-3-5-11(6-4-10)23(20,21)19-18-9-12-14(22-2)8-7-13(17)15(12)16/h3-9,19H,1-2H3/b18-9+. The number of rotatable bonds is 5. The molecular formula is C15H14BrFN2O3S. The molecule has 2 aromatic carbocycles. The zero-order chi connectivity index (χ0) is 17.0. The summed E-state index contributed by atoms with van der Waals surface area (Å²) in [5.41, 5.74) is 1.24. The van der Waals surface area contributed by atoms with Gasteiger partial charge in [0.25, 0.3) is 10.0 Å². The highest BCUT2D eigenvalue weighted by atomic mass is 79.9. The fourth-order valence-corrected chi connectivity index (χ4v) is 3.00. The summed E-state index contributed by atoms with van der Waals surface area (Å²) in [4.78, 5) is 2.17. The molecule has 0 aromatic heterocycles. The second kappa shape index (κ2) is 7.10. The molecule has 0 aliphatic heterocycles. The molecule has 23 heavy (non-hydrogen) atoms. The Morgan fingerprint density at radius 1 is 1.22 bits per heavy atom. The number of nitrogens with one attached hydrogen (secondary N) is 1. The van der Waals surface area contributed by atoms with Gasteiger partial charge in [0.05, 0.1) is 28.3 Å². The molecule has 0 radical (unpaired) electrons. The lowest BCUT2D eigenvalue weighted by Crippen LogP contribution is -2.18. The van der Waals surface area contributed by atoms with E-state index in [0.717, 1.165) is 5.56 Å². The number of hydrogen-bond acceptors (Lipinski definition) is 4. The lowest BCUT2D eigenvalue weighted by atomic mass is 10.2. The van der Waals surface area contributed by atoms with Crippen molar-refractivity contribution in [2.24, 2.45) is 5.10 Å². The van der Waals surface area contributed by atoms with Crippen LogP contribution in [0.1, 0.15) is 11.1 Å². The highest BCUT2D eigenvalue weighted by molar-refractivity contribution is 9.10. The molecule has 122 valence electrons. The van der Waals surface area contributed by atoms with Crippen molar-refractivity contribution in [1.29, 1.82) is 0 Å². The van der Waals surface area contributed by atoms with Crippen LogP contribution in [0.3, 0.4) is 0 Å². The third-order valence-electron chi connectivity index (χ3n) is 3.01. The quantitative estimate of drug-likeness (QED) is 0.618. The number of halogens is 2. The largest absolute Gasteiger partial charge is 0.496 e. The fraction of sp³-hybridized carbons (Fsp3) is 0.133. The third kappa shape index (κ3) is 4.08. The molecule has 2 rings (SSSR count). The van der Waals surface area contributed by atoms with E-state index in [4.69, 9.17) is 4.74 Å². The topological polar surface area (TPSA) is 67.8 Å². The molecule has 0 saturated heterocycles. The molecule has 0 spiro atoms. The number of hydrazone groups is 1. The number of sulfonamides is 1. The minimum absolute atomic E-state index is 0.0884. The highest BCUT2D eigenvalue weighted by Crippen LogP contribution is 2.27. The minimum Gasteiger partial charge on any atom is -0.496 e. The summed E-state index contributed by atoms with van der Waals surface area (Å²) in [5, 5.41) is 3.68. The van der Waals surface area contributed by atoms with Crippen molar-refractivity contribution < 1.29 is 17.5 Å². The molecular weight excluding hydrogens is 387 g/mol. The summed E-state index contributed by atoms with van der Waals surface area (Å²) < 4.78 is 43.0. The third-order valence-corrected chi connectivity index (χ3v) is 5.05. The molecule has 8 heteroatoms. The van der Waals surface area contributed by atoms with Crippen molar-refractivity contribution in [3.05, 3.63) is 57.8 Å². The van der Waals surface area contributed by atoms with Crippen LogP contribution in [0.5, 0.6) is 5.75 Å². The Labute approximate surface area is 142 Å². The number of methoxy groups -OCH3 is 1. The maximum absolute atomic E-state index is 13.6. The Balaban J connectivity index is 2.25. The van der Waals surface area contributed by atoms with Crippen LogP contribution in [0.2, 0.25) is 0 Å². The summed E-state index contributed by atoms with van der Waals surface area (Å²) in [5.74, 6) is -0.148.